The Labute approximate surface area is 165 Å². The second kappa shape index (κ2) is 8.82. The van der Waals surface area contributed by atoms with Crippen LogP contribution in [0.3, 0.4) is 0 Å². The van der Waals surface area contributed by atoms with Crippen molar-refractivity contribution in [1.29, 1.82) is 0 Å². The van der Waals surface area contributed by atoms with E-state index in [2.05, 4.69) is 0 Å². The number of rotatable bonds is 5. The van der Waals surface area contributed by atoms with Crippen molar-refractivity contribution in [3.63, 3.8) is 0 Å². The fourth-order valence-corrected chi connectivity index (χ4v) is 3.39. The zero-order valence-corrected chi connectivity index (χ0v) is 16.0. The number of para-hydroxylation sites is 1. The van der Waals surface area contributed by atoms with Crippen molar-refractivity contribution in [3.8, 4) is 0 Å². The Bertz CT molecular complexity index is 784. The van der Waals surface area contributed by atoms with E-state index in [-0.39, 0.29) is 17.9 Å². The van der Waals surface area contributed by atoms with E-state index in [0.717, 1.165) is 0 Å². The van der Waals surface area contributed by atoms with Crippen LogP contribution in [-0.2, 0) is 38.0 Å². The largest absolute Gasteiger partial charge is 0.455 e. The minimum atomic E-state index is -1.10. The predicted octanol–water partition coefficient (Wildman–Crippen LogP) is 1.24. The fraction of sp³-hybridized carbons (Fsp3) is 0.556. The van der Waals surface area contributed by atoms with Crippen molar-refractivity contribution in [3.05, 3.63) is 39.9 Å². The van der Waals surface area contributed by atoms with Gasteiger partial charge in [0.15, 0.2) is 24.8 Å². The Morgan fingerprint density at radius 1 is 1.10 bits per heavy atom. The Kier molecular flexibility index (Phi) is 6.42. The number of nitro groups is 1. The number of nitrogens with zero attached hydrogens (tertiary/aromatic N) is 1. The standard InChI is InChI=1S/C18H21NO10/c1-9(20)26-15-14-13(28-18(24-3)16(15)27-10(2)21)8-25-17(29-14)11-6-4-5-7-12(11)19(22)23/h4-7,13-18H,8H2,1-3H3/t13-,14-,15+,16-,17?,18?/m1/s1. The molecule has 0 aromatic heterocycles. The minimum Gasteiger partial charge on any atom is -0.455 e. The molecular weight excluding hydrogens is 390 g/mol. The van der Waals surface area contributed by atoms with E-state index in [0.29, 0.717) is 0 Å². The molecule has 11 nitrogen and oxygen atoms in total. The van der Waals surface area contributed by atoms with E-state index in [4.69, 9.17) is 28.4 Å². The van der Waals surface area contributed by atoms with E-state index < -0.39 is 53.9 Å². The van der Waals surface area contributed by atoms with Crippen molar-refractivity contribution >= 4 is 17.6 Å². The molecule has 0 aliphatic carbocycles. The number of hydrogen-bond acceptors (Lipinski definition) is 10. The van der Waals surface area contributed by atoms with E-state index in [1.54, 1.807) is 6.07 Å². The van der Waals surface area contributed by atoms with Crippen LogP contribution in [-0.4, -0.2) is 61.3 Å². The maximum Gasteiger partial charge on any atom is 0.303 e. The average Bonchev–Trinajstić information content (AvgIpc) is 2.68. The molecule has 0 radical (unpaired) electrons. The third-order valence-corrected chi connectivity index (χ3v) is 4.51. The maximum absolute atomic E-state index is 11.7. The van der Waals surface area contributed by atoms with Gasteiger partial charge in [-0.1, -0.05) is 12.1 Å². The Morgan fingerprint density at radius 2 is 1.76 bits per heavy atom. The van der Waals surface area contributed by atoms with Crippen LogP contribution >= 0.6 is 0 Å². The molecule has 1 aromatic rings. The topological polar surface area (TPSA) is 133 Å². The van der Waals surface area contributed by atoms with Crippen LogP contribution in [0.1, 0.15) is 25.7 Å². The molecule has 158 valence electrons. The Balaban J connectivity index is 1.91. The van der Waals surface area contributed by atoms with Gasteiger partial charge in [0.2, 0.25) is 0 Å². The monoisotopic (exact) mass is 411 g/mol. The van der Waals surface area contributed by atoms with Gasteiger partial charge in [-0.15, -0.1) is 0 Å². The summed E-state index contributed by atoms with van der Waals surface area (Å²) in [6.45, 7) is 2.40. The van der Waals surface area contributed by atoms with Crippen molar-refractivity contribution in [1.82, 2.24) is 0 Å². The van der Waals surface area contributed by atoms with Crippen LogP contribution in [0, 0.1) is 10.1 Å². The molecule has 0 amide bonds. The number of carbonyl (C=O) groups excluding carboxylic acids is 2. The molecule has 0 N–H and O–H groups in total. The van der Waals surface area contributed by atoms with Crippen molar-refractivity contribution in [2.75, 3.05) is 13.7 Å². The molecule has 2 aliphatic rings. The summed E-state index contributed by atoms with van der Waals surface area (Å²) in [6, 6.07) is 5.98. The smallest absolute Gasteiger partial charge is 0.303 e. The van der Waals surface area contributed by atoms with E-state index in [9.17, 15) is 19.7 Å². The summed E-state index contributed by atoms with van der Waals surface area (Å²) < 4.78 is 33.2. The maximum atomic E-state index is 11.7. The van der Waals surface area contributed by atoms with Crippen molar-refractivity contribution in [2.24, 2.45) is 0 Å². The van der Waals surface area contributed by atoms with Crippen LogP contribution in [0.4, 0.5) is 5.69 Å². The summed E-state index contributed by atoms with van der Waals surface area (Å²) >= 11 is 0. The molecular formula is C18H21NO10. The van der Waals surface area contributed by atoms with Crippen LogP contribution in [0.2, 0.25) is 0 Å². The molecule has 0 spiro atoms. The predicted molar refractivity (Wildman–Crippen MR) is 93.4 cm³/mol. The van der Waals surface area contributed by atoms with Gasteiger partial charge in [0.25, 0.3) is 5.69 Å². The Hall–Kier alpha value is -2.60. The highest BCUT2D eigenvalue weighted by atomic mass is 16.8. The Morgan fingerprint density at radius 3 is 2.38 bits per heavy atom. The van der Waals surface area contributed by atoms with Gasteiger partial charge in [-0.2, -0.15) is 0 Å². The molecule has 2 fully saturated rings. The first kappa shape index (κ1) is 21.1. The zero-order chi connectivity index (χ0) is 21.1. The number of methoxy groups -OCH3 is 1. The molecule has 3 rings (SSSR count). The van der Waals surface area contributed by atoms with Gasteiger partial charge in [0.1, 0.15) is 12.2 Å². The summed E-state index contributed by atoms with van der Waals surface area (Å²) in [5, 5.41) is 11.3. The number of carbonyl (C=O) groups is 2. The highest BCUT2D eigenvalue weighted by molar-refractivity contribution is 5.67. The van der Waals surface area contributed by atoms with Gasteiger partial charge in [-0.25, -0.2) is 0 Å². The third-order valence-electron chi connectivity index (χ3n) is 4.51. The molecule has 1 aromatic carbocycles. The lowest BCUT2D eigenvalue weighted by Gasteiger charge is -2.47. The first-order valence-electron chi connectivity index (χ1n) is 8.85. The minimum absolute atomic E-state index is 0.00814. The molecule has 2 saturated heterocycles. The molecule has 6 atom stereocenters. The van der Waals surface area contributed by atoms with Gasteiger partial charge in [0.05, 0.1) is 17.1 Å². The summed E-state index contributed by atoms with van der Waals surface area (Å²) in [5.74, 6) is -1.25. The molecule has 2 unspecified atom stereocenters. The average molecular weight is 411 g/mol. The molecule has 2 aliphatic heterocycles. The lowest BCUT2D eigenvalue weighted by atomic mass is 9.97. The normalized spacial score (nSPS) is 31.4. The number of benzene rings is 1. The summed E-state index contributed by atoms with van der Waals surface area (Å²) in [5.41, 5.74) is 0.0263. The highest BCUT2D eigenvalue weighted by Crippen LogP contribution is 2.38. The van der Waals surface area contributed by atoms with Crippen LogP contribution < -0.4 is 0 Å². The zero-order valence-electron chi connectivity index (χ0n) is 16.0. The van der Waals surface area contributed by atoms with Crippen LogP contribution in [0.15, 0.2) is 24.3 Å². The summed E-state index contributed by atoms with van der Waals surface area (Å²) in [4.78, 5) is 34.0. The molecule has 11 heteroatoms. The van der Waals surface area contributed by atoms with Gasteiger partial charge in [-0.05, 0) is 6.07 Å². The van der Waals surface area contributed by atoms with Gasteiger partial charge < -0.3 is 28.4 Å². The quantitative estimate of drug-likeness (QED) is 0.396. The van der Waals surface area contributed by atoms with Crippen LogP contribution in [0.25, 0.3) is 0 Å². The molecule has 0 bridgehead atoms. The van der Waals surface area contributed by atoms with E-state index >= 15 is 0 Å². The number of hydrogen-bond donors (Lipinski definition) is 0. The number of ether oxygens (including phenoxy) is 6. The van der Waals surface area contributed by atoms with Gasteiger partial charge in [0, 0.05) is 27.0 Å². The van der Waals surface area contributed by atoms with Crippen LogP contribution in [0.5, 0.6) is 0 Å². The van der Waals surface area contributed by atoms with Gasteiger partial charge >= 0.3 is 11.9 Å². The van der Waals surface area contributed by atoms with Gasteiger partial charge in [-0.3, -0.25) is 19.7 Å². The van der Waals surface area contributed by atoms with E-state index in [1.165, 1.54) is 39.2 Å². The molecule has 2 heterocycles. The van der Waals surface area contributed by atoms with E-state index in [1.807, 2.05) is 0 Å². The summed E-state index contributed by atoms with van der Waals surface area (Å²) in [6.07, 6.45) is -5.89. The lowest BCUT2D eigenvalue weighted by molar-refractivity contribution is -0.391. The highest BCUT2D eigenvalue weighted by Gasteiger charge is 2.54. The first-order valence-corrected chi connectivity index (χ1v) is 8.85. The molecule has 0 saturated carbocycles. The lowest BCUT2D eigenvalue weighted by Crippen LogP contribution is -2.64. The number of esters is 2. The first-order chi connectivity index (χ1) is 13.8. The second-order valence-corrected chi connectivity index (χ2v) is 6.51. The van der Waals surface area contributed by atoms with Crippen molar-refractivity contribution < 1.29 is 42.9 Å². The number of nitro benzene ring substituents is 1. The number of fused-ring (bicyclic) bond motifs is 1. The van der Waals surface area contributed by atoms with Crippen molar-refractivity contribution in [2.45, 2.75) is 50.8 Å². The molecule has 29 heavy (non-hydrogen) atoms. The third kappa shape index (κ3) is 4.53. The summed E-state index contributed by atoms with van der Waals surface area (Å²) in [7, 11) is 1.35. The fourth-order valence-electron chi connectivity index (χ4n) is 3.39. The second-order valence-electron chi connectivity index (χ2n) is 6.51. The SMILES string of the molecule is COC1O[C@@H]2COC(c3ccccc3[N+](=O)[O-])O[C@H]2[C@H](OC(C)=O)[C@H]1OC(C)=O.